The van der Waals surface area contributed by atoms with E-state index in [1.165, 1.54) is 0 Å². The number of hydrogen-bond acceptors (Lipinski definition) is 4. The molecule has 1 atom stereocenters. The van der Waals surface area contributed by atoms with Crippen LogP contribution in [0.3, 0.4) is 0 Å². The van der Waals surface area contributed by atoms with Gasteiger partial charge in [-0.2, -0.15) is 0 Å². The van der Waals surface area contributed by atoms with Gasteiger partial charge in [0.25, 0.3) is 0 Å². The van der Waals surface area contributed by atoms with Gasteiger partial charge in [0, 0.05) is 26.2 Å². The molecule has 5 nitrogen and oxygen atoms in total. The fraction of sp³-hybridized carbons (Fsp3) is 0.923. The summed E-state index contributed by atoms with van der Waals surface area (Å²) in [4.78, 5) is 16.3. The summed E-state index contributed by atoms with van der Waals surface area (Å²) in [5.74, 6) is 0.524. The van der Waals surface area contributed by atoms with Crippen LogP contribution in [0.5, 0.6) is 0 Å². The Balaban J connectivity index is 2.44. The number of carbonyl (C=O) groups excluding carboxylic acids is 1. The number of amides is 1. The summed E-state index contributed by atoms with van der Waals surface area (Å²) in [6.45, 7) is 8.33. The van der Waals surface area contributed by atoms with Gasteiger partial charge in [0.1, 0.15) is 0 Å². The predicted octanol–water partition coefficient (Wildman–Crippen LogP) is -0.114. The smallest absolute Gasteiger partial charge is 0.239 e. The highest BCUT2D eigenvalue weighted by Crippen LogP contribution is 2.09. The van der Waals surface area contributed by atoms with Crippen molar-refractivity contribution in [3.05, 3.63) is 0 Å². The Morgan fingerprint density at radius 2 is 2.00 bits per heavy atom. The molecule has 0 saturated carbocycles. The maximum atomic E-state index is 12.2. The van der Waals surface area contributed by atoms with E-state index in [9.17, 15) is 4.79 Å². The SMILES string of the molecule is CC(C)C[C@@H](N)C(=O)N1CCCN(CCO)CC1. The first-order valence-electron chi connectivity index (χ1n) is 6.92. The summed E-state index contributed by atoms with van der Waals surface area (Å²) in [7, 11) is 0. The van der Waals surface area contributed by atoms with E-state index in [0.717, 1.165) is 39.0 Å². The number of carbonyl (C=O) groups is 1. The highest BCUT2D eigenvalue weighted by Gasteiger charge is 2.23. The van der Waals surface area contributed by atoms with Gasteiger partial charge in [-0.25, -0.2) is 0 Å². The Morgan fingerprint density at radius 3 is 2.61 bits per heavy atom. The predicted molar refractivity (Wildman–Crippen MR) is 72.2 cm³/mol. The first kappa shape index (κ1) is 15.4. The van der Waals surface area contributed by atoms with Crippen molar-refractivity contribution >= 4 is 5.91 Å². The van der Waals surface area contributed by atoms with Crippen molar-refractivity contribution in [2.24, 2.45) is 11.7 Å². The van der Waals surface area contributed by atoms with Crippen molar-refractivity contribution in [3.8, 4) is 0 Å². The lowest BCUT2D eigenvalue weighted by Crippen LogP contribution is -2.45. The second-order valence-electron chi connectivity index (χ2n) is 5.48. The number of nitrogens with two attached hydrogens (primary N) is 1. The third kappa shape index (κ3) is 4.92. The minimum absolute atomic E-state index is 0.0783. The molecule has 0 aliphatic carbocycles. The van der Waals surface area contributed by atoms with Crippen LogP contribution in [0, 0.1) is 5.92 Å². The first-order chi connectivity index (χ1) is 8.54. The van der Waals surface area contributed by atoms with Gasteiger partial charge in [0.05, 0.1) is 12.6 Å². The van der Waals surface area contributed by atoms with Crippen molar-refractivity contribution in [3.63, 3.8) is 0 Å². The van der Waals surface area contributed by atoms with Crippen LogP contribution in [0.4, 0.5) is 0 Å². The van der Waals surface area contributed by atoms with E-state index in [1.807, 2.05) is 4.90 Å². The molecule has 1 rings (SSSR count). The third-order valence-electron chi connectivity index (χ3n) is 3.36. The monoisotopic (exact) mass is 257 g/mol. The Hall–Kier alpha value is -0.650. The molecule has 0 aromatic heterocycles. The van der Waals surface area contributed by atoms with Crippen molar-refractivity contribution in [1.29, 1.82) is 0 Å². The van der Waals surface area contributed by atoms with Crippen LogP contribution in [0.15, 0.2) is 0 Å². The molecule has 1 heterocycles. The van der Waals surface area contributed by atoms with Gasteiger partial charge in [-0.3, -0.25) is 9.69 Å². The zero-order valence-corrected chi connectivity index (χ0v) is 11.6. The summed E-state index contributed by atoms with van der Waals surface area (Å²) in [5.41, 5.74) is 5.95. The normalized spacial score (nSPS) is 19.9. The Labute approximate surface area is 110 Å². The summed E-state index contributed by atoms with van der Waals surface area (Å²) < 4.78 is 0. The molecule has 1 amide bonds. The van der Waals surface area contributed by atoms with Crippen molar-refractivity contribution in [2.45, 2.75) is 32.7 Å². The lowest BCUT2D eigenvalue weighted by molar-refractivity contribution is -0.132. The van der Waals surface area contributed by atoms with Crippen LogP contribution in [-0.2, 0) is 4.79 Å². The molecule has 0 spiro atoms. The van der Waals surface area contributed by atoms with Crippen molar-refractivity contribution in [1.82, 2.24) is 9.80 Å². The van der Waals surface area contributed by atoms with Crippen LogP contribution < -0.4 is 5.73 Å². The summed E-state index contributed by atoms with van der Waals surface area (Å²) >= 11 is 0. The molecule has 0 aromatic rings. The molecule has 0 aromatic carbocycles. The van der Waals surface area contributed by atoms with Crippen LogP contribution >= 0.6 is 0 Å². The molecule has 106 valence electrons. The van der Waals surface area contributed by atoms with E-state index < -0.39 is 0 Å². The molecule has 1 saturated heterocycles. The zero-order valence-electron chi connectivity index (χ0n) is 11.6. The molecular weight excluding hydrogens is 230 g/mol. The average molecular weight is 257 g/mol. The minimum atomic E-state index is -0.366. The largest absolute Gasteiger partial charge is 0.395 e. The number of aliphatic hydroxyl groups excluding tert-OH is 1. The molecular formula is C13H27N3O2. The summed E-state index contributed by atoms with van der Waals surface area (Å²) in [6, 6.07) is -0.366. The molecule has 3 N–H and O–H groups in total. The van der Waals surface area contributed by atoms with E-state index >= 15 is 0 Å². The van der Waals surface area contributed by atoms with Crippen molar-refractivity contribution < 1.29 is 9.90 Å². The van der Waals surface area contributed by atoms with Gasteiger partial charge in [-0.1, -0.05) is 13.8 Å². The number of nitrogens with zero attached hydrogens (tertiary/aromatic N) is 2. The van der Waals surface area contributed by atoms with E-state index in [2.05, 4.69) is 18.7 Å². The lowest BCUT2D eigenvalue weighted by Gasteiger charge is -2.25. The Kier molecular flexibility index (Phi) is 6.60. The highest BCUT2D eigenvalue weighted by atomic mass is 16.3. The fourth-order valence-electron chi connectivity index (χ4n) is 2.40. The average Bonchev–Trinajstić information content (AvgIpc) is 2.53. The maximum Gasteiger partial charge on any atom is 0.239 e. The second kappa shape index (κ2) is 7.71. The molecule has 5 heteroatoms. The topological polar surface area (TPSA) is 69.8 Å². The first-order valence-corrected chi connectivity index (χ1v) is 6.92. The highest BCUT2D eigenvalue weighted by molar-refractivity contribution is 5.81. The van der Waals surface area contributed by atoms with E-state index in [1.54, 1.807) is 0 Å². The second-order valence-corrected chi connectivity index (χ2v) is 5.48. The van der Waals surface area contributed by atoms with Crippen molar-refractivity contribution in [2.75, 3.05) is 39.3 Å². The van der Waals surface area contributed by atoms with Crippen LogP contribution in [0.1, 0.15) is 26.7 Å². The fourth-order valence-corrected chi connectivity index (χ4v) is 2.40. The van der Waals surface area contributed by atoms with Crippen LogP contribution in [0.25, 0.3) is 0 Å². The molecule has 0 unspecified atom stereocenters. The lowest BCUT2D eigenvalue weighted by atomic mass is 10.0. The van der Waals surface area contributed by atoms with Gasteiger partial charge in [0.2, 0.25) is 5.91 Å². The molecule has 18 heavy (non-hydrogen) atoms. The summed E-state index contributed by atoms with van der Waals surface area (Å²) in [5, 5.41) is 8.93. The minimum Gasteiger partial charge on any atom is -0.395 e. The van der Waals surface area contributed by atoms with E-state index in [-0.39, 0.29) is 18.6 Å². The quantitative estimate of drug-likeness (QED) is 0.721. The van der Waals surface area contributed by atoms with Gasteiger partial charge in [-0.15, -0.1) is 0 Å². The molecule has 0 bridgehead atoms. The standard InChI is InChI=1S/C13H27N3O2/c1-11(2)10-12(14)13(18)16-5-3-4-15(6-7-16)8-9-17/h11-12,17H,3-10,14H2,1-2H3/t12-/m1/s1. The van der Waals surface area contributed by atoms with Gasteiger partial charge in [-0.05, 0) is 25.3 Å². The maximum absolute atomic E-state index is 12.2. The molecule has 1 aliphatic heterocycles. The molecule has 1 fully saturated rings. The van der Waals surface area contributed by atoms with Gasteiger partial charge in [0.15, 0.2) is 0 Å². The number of aliphatic hydroxyl groups is 1. The number of hydrogen-bond donors (Lipinski definition) is 2. The van der Waals surface area contributed by atoms with Gasteiger partial charge >= 0.3 is 0 Å². The van der Waals surface area contributed by atoms with E-state index in [0.29, 0.717) is 12.5 Å². The van der Waals surface area contributed by atoms with Crippen LogP contribution in [-0.4, -0.2) is 66.2 Å². The molecule has 0 radical (unpaired) electrons. The summed E-state index contributed by atoms with van der Waals surface area (Å²) in [6.07, 6.45) is 1.70. The van der Waals surface area contributed by atoms with Gasteiger partial charge < -0.3 is 15.7 Å². The molecule has 1 aliphatic rings. The third-order valence-corrected chi connectivity index (χ3v) is 3.36. The van der Waals surface area contributed by atoms with Crippen LogP contribution in [0.2, 0.25) is 0 Å². The van der Waals surface area contributed by atoms with E-state index in [4.69, 9.17) is 10.8 Å². The zero-order chi connectivity index (χ0) is 13.5. The number of β-amino-alcohol motifs (C(OH)–C–C–N with tert-alkyl or cyclic N) is 1. The Morgan fingerprint density at radius 1 is 1.28 bits per heavy atom. The Bertz CT molecular complexity index is 259. The number of rotatable bonds is 5.